The molecule has 0 saturated carbocycles. The summed E-state index contributed by atoms with van der Waals surface area (Å²) in [7, 11) is 0. The van der Waals surface area contributed by atoms with E-state index < -0.39 is 0 Å². The number of amides is 3. The van der Waals surface area contributed by atoms with E-state index in [4.69, 9.17) is 11.6 Å². The van der Waals surface area contributed by atoms with E-state index in [0.717, 1.165) is 61.9 Å². The van der Waals surface area contributed by atoms with Gasteiger partial charge >= 0.3 is 6.03 Å². The van der Waals surface area contributed by atoms with E-state index in [2.05, 4.69) is 43.6 Å². The van der Waals surface area contributed by atoms with E-state index >= 15 is 0 Å². The van der Waals surface area contributed by atoms with E-state index in [-0.39, 0.29) is 17.5 Å². The smallest absolute Gasteiger partial charge is 0.319 e. The number of anilines is 1. The van der Waals surface area contributed by atoms with Crippen LogP contribution in [0.4, 0.5) is 10.5 Å². The van der Waals surface area contributed by atoms with Crippen molar-refractivity contribution in [2.24, 2.45) is 5.41 Å². The zero-order valence-electron chi connectivity index (χ0n) is 21.9. The van der Waals surface area contributed by atoms with Crippen molar-refractivity contribution in [3.63, 3.8) is 0 Å². The quantitative estimate of drug-likeness (QED) is 0.293. The topological polar surface area (TPSA) is 64.7 Å². The second kappa shape index (κ2) is 12.5. The summed E-state index contributed by atoms with van der Waals surface area (Å²) < 4.78 is 1.05. The number of urea groups is 1. The van der Waals surface area contributed by atoms with Crippen LogP contribution in [0, 0.1) is 5.41 Å². The second-order valence-corrected chi connectivity index (χ2v) is 11.9. The third kappa shape index (κ3) is 6.83. The van der Waals surface area contributed by atoms with Crippen molar-refractivity contribution >= 4 is 45.2 Å². The minimum Gasteiger partial charge on any atom is -0.338 e. The van der Waals surface area contributed by atoms with Crippen LogP contribution in [0.2, 0.25) is 5.02 Å². The van der Waals surface area contributed by atoms with Crippen LogP contribution < -0.4 is 10.6 Å². The number of carbonyl (C=O) groups is 2. The first-order chi connectivity index (χ1) is 18.9. The van der Waals surface area contributed by atoms with Gasteiger partial charge in [-0.25, -0.2) is 4.79 Å². The van der Waals surface area contributed by atoms with Gasteiger partial charge in [0.05, 0.1) is 22.2 Å². The number of hydrogen-bond donors (Lipinski definition) is 2. The first-order valence-electron chi connectivity index (χ1n) is 13.6. The summed E-state index contributed by atoms with van der Waals surface area (Å²) in [4.78, 5) is 30.7. The van der Waals surface area contributed by atoms with Crippen LogP contribution in [0.1, 0.15) is 42.9 Å². The number of carbonyl (C=O) groups excluding carboxylic acids is 2. The third-order valence-corrected chi connectivity index (χ3v) is 8.92. The number of nitrogens with one attached hydrogen (secondary N) is 2. The monoisotopic (exact) mass is 608 g/mol. The summed E-state index contributed by atoms with van der Waals surface area (Å²) >= 11 is 9.70. The molecular formula is C31H34BrClN4O2. The second-order valence-electron chi connectivity index (χ2n) is 10.6. The molecule has 0 radical (unpaired) electrons. The summed E-state index contributed by atoms with van der Waals surface area (Å²) in [5.74, 6) is 0.310. The number of rotatable bonds is 8. The van der Waals surface area contributed by atoms with Gasteiger partial charge in [0.1, 0.15) is 0 Å². The van der Waals surface area contributed by atoms with Crippen LogP contribution in [0.3, 0.4) is 0 Å². The van der Waals surface area contributed by atoms with Crippen molar-refractivity contribution in [2.45, 2.75) is 38.3 Å². The van der Waals surface area contributed by atoms with Gasteiger partial charge in [-0.3, -0.25) is 4.79 Å². The number of nitrogens with zero attached hydrogens (tertiary/aromatic N) is 2. The molecular weight excluding hydrogens is 576 g/mol. The lowest BCUT2D eigenvalue weighted by molar-refractivity contribution is -0.138. The van der Waals surface area contributed by atoms with E-state index in [0.29, 0.717) is 23.2 Å². The molecule has 1 unspecified atom stereocenters. The molecule has 3 amide bonds. The predicted molar refractivity (Wildman–Crippen MR) is 160 cm³/mol. The van der Waals surface area contributed by atoms with E-state index in [1.54, 1.807) is 12.1 Å². The number of para-hydroxylation sites is 1. The highest BCUT2D eigenvalue weighted by Gasteiger charge is 2.47. The van der Waals surface area contributed by atoms with E-state index in [1.165, 1.54) is 5.56 Å². The average Bonchev–Trinajstić information content (AvgIpc) is 3.24. The van der Waals surface area contributed by atoms with Gasteiger partial charge in [0, 0.05) is 24.1 Å². The maximum absolute atomic E-state index is 13.4. The van der Waals surface area contributed by atoms with Gasteiger partial charge in [0.25, 0.3) is 0 Å². The Morgan fingerprint density at radius 2 is 1.59 bits per heavy atom. The van der Waals surface area contributed by atoms with Gasteiger partial charge in [0.2, 0.25) is 5.91 Å². The molecule has 2 aliphatic rings. The molecule has 2 fully saturated rings. The predicted octanol–water partition coefficient (Wildman–Crippen LogP) is 6.87. The Hall–Kier alpha value is -2.87. The molecule has 1 atom stereocenters. The van der Waals surface area contributed by atoms with Crippen molar-refractivity contribution in [3.8, 4) is 0 Å². The molecule has 3 aromatic rings. The maximum atomic E-state index is 13.4. The van der Waals surface area contributed by atoms with Crippen LogP contribution >= 0.6 is 27.5 Å². The van der Waals surface area contributed by atoms with Gasteiger partial charge in [-0.1, -0.05) is 82.1 Å². The summed E-state index contributed by atoms with van der Waals surface area (Å²) in [5.41, 5.74) is 2.59. The SMILES string of the molecule is O=C(Nc1ccccc1Cl)NC(CCN1CCC2(CC1)CCN(Cc1ccc(Br)cc1)C2=O)c1ccccc1. The summed E-state index contributed by atoms with van der Waals surface area (Å²) in [6.07, 6.45) is 3.49. The Morgan fingerprint density at radius 3 is 2.31 bits per heavy atom. The number of benzene rings is 3. The van der Waals surface area contributed by atoms with Crippen molar-refractivity contribution in [1.82, 2.24) is 15.1 Å². The Morgan fingerprint density at radius 1 is 0.923 bits per heavy atom. The fourth-order valence-corrected chi connectivity index (χ4v) is 6.17. The lowest BCUT2D eigenvalue weighted by Gasteiger charge is -2.38. The summed E-state index contributed by atoms with van der Waals surface area (Å²) in [6.45, 7) is 4.14. The van der Waals surface area contributed by atoms with Gasteiger partial charge in [-0.2, -0.15) is 0 Å². The number of hydrogen-bond acceptors (Lipinski definition) is 3. The zero-order chi connectivity index (χ0) is 27.2. The molecule has 2 saturated heterocycles. The van der Waals surface area contributed by atoms with Crippen molar-refractivity contribution in [3.05, 3.63) is 99.5 Å². The Bertz CT molecular complexity index is 1280. The standard InChI is InChI=1S/C31H34BrClN4O2/c32-25-12-10-23(11-13-25)22-37-21-17-31(29(37)38)15-19-36(20-16-31)18-14-27(24-6-2-1-3-7-24)34-30(39)35-28-9-5-4-8-26(28)33/h1-13,27H,14-22H2,(H2,34,35,39). The first kappa shape index (κ1) is 27.7. The maximum Gasteiger partial charge on any atom is 0.319 e. The van der Waals surface area contributed by atoms with E-state index in [9.17, 15) is 9.59 Å². The molecule has 2 aliphatic heterocycles. The van der Waals surface area contributed by atoms with Crippen LogP contribution in [0.15, 0.2) is 83.3 Å². The minimum atomic E-state index is -0.281. The molecule has 6 nitrogen and oxygen atoms in total. The lowest BCUT2D eigenvalue weighted by Crippen LogP contribution is -2.45. The Labute approximate surface area is 243 Å². The third-order valence-electron chi connectivity index (χ3n) is 8.06. The lowest BCUT2D eigenvalue weighted by atomic mass is 9.77. The fourth-order valence-electron chi connectivity index (χ4n) is 5.72. The Kier molecular flexibility index (Phi) is 8.90. The zero-order valence-corrected chi connectivity index (χ0v) is 24.3. The largest absolute Gasteiger partial charge is 0.338 e. The number of likely N-dealkylation sites (tertiary alicyclic amines) is 2. The first-order valence-corrected chi connectivity index (χ1v) is 14.7. The normalized spacial score (nSPS) is 17.8. The molecule has 2 N–H and O–H groups in total. The highest BCUT2D eigenvalue weighted by Crippen LogP contribution is 2.42. The molecule has 1 spiro atoms. The van der Waals surface area contributed by atoms with E-state index in [1.807, 2.05) is 59.5 Å². The highest BCUT2D eigenvalue weighted by molar-refractivity contribution is 9.10. The molecule has 8 heteroatoms. The van der Waals surface area contributed by atoms with Crippen LogP contribution in [0.25, 0.3) is 0 Å². The van der Waals surface area contributed by atoms with Crippen molar-refractivity contribution < 1.29 is 9.59 Å². The van der Waals surface area contributed by atoms with Gasteiger partial charge < -0.3 is 20.4 Å². The summed E-state index contributed by atoms with van der Waals surface area (Å²) in [5, 5.41) is 6.51. The summed E-state index contributed by atoms with van der Waals surface area (Å²) in [6, 6.07) is 25.1. The number of piperidine rings is 1. The molecule has 0 aliphatic carbocycles. The van der Waals surface area contributed by atoms with Crippen molar-refractivity contribution in [1.29, 1.82) is 0 Å². The fraction of sp³-hybridized carbons (Fsp3) is 0.355. The van der Waals surface area contributed by atoms with Gasteiger partial charge in [-0.15, -0.1) is 0 Å². The van der Waals surface area contributed by atoms with Crippen LogP contribution in [-0.2, 0) is 11.3 Å². The van der Waals surface area contributed by atoms with Crippen LogP contribution in [0.5, 0.6) is 0 Å². The van der Waals surface area contributed by atoms with Gasteiger partial charge in [0.15, 0.2) is 0 Å². The van der Waals surface area contributed by atoms with Crippen molar-refractivity contribution in [2.75, 3.05) is 31.5 Å². The molecule has 204 valence electrons. The highest BCUT2D eigenvalue weighted by atomic mass is 79.9. The minimum absolute atomic E-state index is 0.140. The molecule has 3 aromatic carbocycles. The molecule has 0 aromatic heterocycles. The van der Waals surface area contributed by atoms with Gasteiger partial charge in [-0.05, 0) is 74.2 Å². The molecule has 2 heterocycles. The van der Waals surface area contributed by atoms with Crippen LogP contribution in [-0.4, -0.2) is 47.9 Å². The Balaban J connectivity index is 1.15. The average molecular weight is 610 g/mol. The number of halogens is 2. The molecule has 0 bridgehead atoms. The molecule has 39 heavy (non-hydrogen) atoms. The molecule has 5 rings (SSSR count).